The molecule has 6 nitrogen and oxygen atoms in total. The lowest BCUT2D eigenvalue weighted by Crippen LogP contribution is -2.26. The standard InChI is InChI=1S/C14H20N4O2S/c1-10(2)8-11(18-6-4-5-7-18)13(19)15-14-17-16-12(21-14)9-20-3/h4-7,10-11H,8-9H2,1-3H3,(H,15,17,19)/t11-/m0/s1. The monoisotopic (exact) mass is 308 g/mol. The van der Waals surface area contributed by atoms with Gasteiger partial charge in [-0.05, 0) is 24.5 Å². The van der Waals surface area contributed by atoms with Gasteiger partial charge in [0.15, 0.2) is 0 Å². The molecule has 1 amide bonds. The van der Waals surface area contributed by atoms with Crippen LogP contribution >= 0.6 is 11.3 Å². The van der Waals surface area contributed by atoms with Gasteiger partial charge in [-0.1, -0.05) is 25.2 Å². The molecule has 1 atom stereocenters. The van der Waals surface area contributed by atoms with Gasteiger partial charge in [-0.25, -0.2) is 0 Å². The second-order valence-electron chi connectivity index (χ2n) is 5.20. The summed E-state index contributed by atoms with van der Waals surface area (Å²) in [6.45, 7) is 4.61. The Bertz CT molecular complexity index is 565. The Balaban J connectivity index is 2.07. The molecule has 7 heteroatoms. The zero-order valence-corrected chi connectivity index (χ0v) is 13.3. The van der Waals surface area contributed by atoms with Gasteiger partial charge in [0, 0.05) is 19.5 Å². The van der Waals surface area contributed by atoms with Crippen molar-refractivity contribution >= 4 is 22.4 Å². The Kier molecular flexibility index (Phi) is 5.46. The van der Waals surface area contributed by atoms with Crippen molar-refractivity contribution in [3.63, 3.8) is 0 Å². The third kappa shape index (κ3) is 4.37. The summed E-state index contributed by atoms with van der Waals surface area (Å²) in [6.07, 6.45) is 4.58. The summed E-state index contributed by atoms with van der Waals surface area (Å²) in [7, 11) is 1.60. The number of nitrogens with one attached hydrogen (secondary N) is 1. The molecule has 1 N–H and O–H groups in total. The second-order valence-corrected chi connectivity index (χ2v) is 6.26. The molecule has 0 aliphatic rings. The minimum atomic E-state index is -0.241. The molecule has 0 bridgehead atoms. The minimum absolute atomic E-state index is 0.0694. The van der Waals surface area contributed by atoms with Gasteiger partial charge < -0.3 is 9.30 Å². The number of anilines is 1. The zero-order valence-electron chi connectivity index (χ0n) is 12.4. The zero-order chi connectivity index (χ0) is 15.2. The summed E-state index contributed by atoms with van der Waals surface area (Å²) in [5.41, 5.74) is 0. The molecule has 21 heavy (non-hydrogen) atoms. The summed E-state index contributed by atoms with van der Waals surface area (Å²) < 4.78 is 6.92. The molecule has 2 heterocycles. The first-order chi connectivity index (χ1) is 10.1. The fraction of sp³-hybridized carbons (Fsp3) is 0.500. The predicted octanol–water partition coefficient (Wildman–Crippen LogP) is 2.71. The molecule has 114 valence electrons. The van der Waals surface area contributed by atoms with E-state index in [4.69, 9.17) is 4.74 Å². The number of nitrogens with zero attached hydrogens (tertiary/aromatic N) is 3. The maximum absolute atomic E-state index is 12.5. The number of rotatable bonds is 7. The summed E-state index contributed by atoms with van der Waals surface area (Å²) >= 11 is 1.33. The fourth-order valence-electron chi connectivity index (χ4n) is 2.04. The SMILES string of the molecule is COCc1nnc(NC(=O)[C@H](CC(C)C)n2cccc2)s1. The quantitative estimate of drug-likeness (QED) is 0.854. The molecule has 2 aromatic heterocycles. The smallest absolute Gasteiger partial charge is 0.249 e. The largest absolute Gasteiger partial charge is 0.377 e. The number of carbonyl (C=O) groups excluding carboxylic acids is 1. The summed E-state index contributed by atoms with van der Waals surface area (Å²) in [4.78, 5) is 12.5. The molecular weight excluding hydrogens is 288 g/mol. The van der Waals surface area contributed by atoms with E-state index in [-0.39, 0.29) is 11.9 Å². The van der Waals surface area contributed by atoms with Gasteiger partial charge in [-0.15, -0.1) is 10.2 Å². The Hall–Kier alpha value is -1.73. The molecule has 0 aliphatic heterocycles. The maximum Gasteiger partial charge on any atom is 0.249 e. The number of ether oxygens (including phenoxy) is 1. The van der Waals surface area contributed by atoms with Gasteiger partial charge in [0.25, 0.3) is 0 Å². The Morgan fingerprint density at radius 2 is 2.10 bits per heavy atom. The van der Waals surface area contributed by atoms with Crippen LogP contribution in [-0.4, -0.2) is 27.8 Å². The highest BCUT2D eigenvalue weighted by Gasteiger charge is 2.22. The van der Waals surface area contributed by atoms with Crippen molar-refractivity contribution in [2.45, 2.75) is 32.9 Å². The lowest BCUT2D eigenvalue weighted by molar-refractivity contribution is -0.119. The molecule has 0 saturated carbocycles. The van der Waals surface area contributed by atoms with Crippen molar-refractivity contribution in [3.8, 4) is 0 Å². The Morgan fingerprint density at radius 1 is 1.38 bits per heavy atom. The molecule has 0 aliphatic carbocycles. The van der Waals surface area contributed by atoms with Crippen LogP contribution in [0.1, 0.15) is 31.3 Å². The van der Waals surface area contributed by atoms with Crippen LogP contribution in [-0.2, 0) is 16.1 Å². The molecule has 0 unspecified atom stereocenters. The lowest BCUT2D eigenvalue weighted by atomic mass is 10.0. The first-order valence-corrected chi connectivity index (χ1v) is 7.66. The fourth-order valence-corrected chi connectivity index (χ4v) is 2.76. The van der Waals surface area contributed by atoms with Gasteiger partial charge in [-0.3, -0.25) is 10.1 Å². The van der Waals surface area contributed by atoms with Crippen molar-refractivity contribution in [3.05, 3.63) is 29.5 Å². The molecule has 2 rings (SSSR count). The van der Waals surface area contributed by atoms with E-state index >= 15 is 0 Å². The van der Waals surface area contributed by atoms with E-state index in [0.717, 1.165) is 11.4 Å². The van der Waals surface area contributed by atoms with Crippen LogP contribution in [0.15, 0.2) is 24.5 Å². The van der Waals surface area contributed by atoms with Crippen LogP contribution in [0.5, 0.6) is 0 Å². The highest BCUT2D eigenvalue weighted by Crippen LogP contribution is 2.22. The van der Waals surface area contributed by atoms with Crippen LogP contribution < -0.4 is 5.32 Å². The van der Waals surface area contributed by atoms with E-state index < -0.39 is 0 Å². The van der Waals surface area contributed by atoms with Gasteiger partial charge >= 0.3 is 0 Å². The van der Waals surface area contributed by atoms with E-state index in [9.17, 15) is 4.79 Å². The van der Waals surface area contributed by atoms with E-state index in [0.29, 0.717) is 17.7 Å². The topological polar surface area (TPSA) is 69.0 Å². The number of aromatic nitrogens is 3. The third-order valence-corrected chi connectivity index (χ3v) is 3.76. The Morgan fingerprint density at radius 3 is 2.71 bits per heavy atom. The molecular formula is C14H20N4O2S. The molecule has 0 radical (unpaired) electrons. The maximum atomic E-state index is 12.5. The average molecular weight is 308 g/mol. The van der Waals surface area contributed by atoms with Gasteiger partial charge in [-0.2, -0.15) is 0 Å². The first-order valence-electron chi connectivity index (χ1n) is 6.84. The molecule has 2 aromatic rings. The Labute approximate surface area is 128 Å². The number of hydrogen-bond acceptors (Lipinski definition) is 5. The first kappa shape index (κ1) is 15.7. The highest BCUT2D eigenvalue weighted by atomic mass is 32.1. The van der Waals surface area contributed by atoms with Crippen molar-refractivity contribution in [1.82, 2.24) is 14.8 Å². The summed E-state index contributed by atoms with van der Waals surface area (Å²) in [5, 5.41) is 12.0. The van der Waals surface area contributed by atoms with Gasteiger partial charge in [0.05, 0.1) is 0 Å². The highest BCUT2D eigenvalue weighted by molar-refractivity contribution is 7.15. The van der Waals surface area contributed by atoms with E-state index in [1.54, 1.807) is 7.11 Å². The van der Waals surface area contributed by atoms with Crippen molar-refractivity contribution in [1.29, 1.82) is 0 Å². The van der Waals surface area contributed by atoms with Crippen molar-refractivity contribution < 1.29 is 9.53 Å². The second kappa shape index (κ2) is 7.33. The van der Waals surface area contributed by atoms with Crippen molar-refractivity contribution in [2.24, 2.45) is 5.92 Å². The molecule has 0 spiro atoms. The van der Waals surface area contributed by atoms with Crippen LogP contribution in [0.25, 0.3) is 0 Å². The van der Waals surface area contributed by atoms with Crippen LogP contribution in [0.2, 0.25) is 0 Å². The number of hydrogen-bond donors (Lipinski definition) is 1. The van der Waals surface area contributed by atoms with E-state index in [1.165, 1.54) is 11.3 Å². The predicted molar refractivity (Wildman–Crippen MR) is 82.2 cm³/mol. The van der Waals surface area contributed by atoms with Crippen LogP contribution in [0, 0.1) is 5.92 Å². The van der Waals surface area contributed by atoms with Crippen LogP contribution in [0.3, 0.4) is 0 Å². The summed E-state index contributed by atoms with van der Waals surface area (Å²) in [5.74, 6) is 0.349. The number of amides is 1. The van der Waals surface area contributed by atoms with Gasteiger partial charge in [0.1, 0.15) is 17.7 Å². The van der Waals surface area contributed by atoms with E-state index in [2.05, 4.69) is 29.4 Å². The van der Waals surface area contributed by atoms with E-state index in [1.807, 2.05) is 29.1 Å². The molecule has 0 saturated heterocycles. The van der Waals surface area contributed by atoms with Crippen molar-refractivity contribution in [2.75, 3.05) is 12.4 Å². The third-order valence-electron chi connectivity index (χ3n) is 2.95. The lowest BCUT2D eigenvalue weighted by Gasteiger charge is -2.19. The van der Waals surface area contributed by atoms with Gasteiger partial charge in [0.2, 0.25) is 11.0 Å². The number of methoxy groups -OCH3 is 1. The normalized spacial score (nSPS) is 12.6. The average Bonchev–Trinajstić information content (AvgIpc) is 3.08. The number of carbonyl (C=O) groups is 1. The minimum Gasteiger partial charge on any atom is -0.377 e. The summed E-state index contributed by atoms with van der Waals surface area (Å²) in [6, 6.07) is 3.60. The molecule has 0 fully saturated rings. The van der Waals surface area contributed by atoms with Crippen LogP contribution in [0.4, 0.5) is 5.13 Å². The molecule has 0 aromatic carbocycles.